The third kappa shape index (κ3) is 3.28. The lowest BCUT2D eigenvalue weighted by molar-refractivity contribution is 0.0602. The van der Waals surface area contributed by atoms with Crippen molar-refractivity contribution in [3.05, 3.63) is 81.1 Å². The number of rotatable bonds is 3. The summed E-state index contributed by atoms with van der Waals surface area (Å²) in [5.74, 6) is -0.179. The molecule has 5 nitrogen and oxygen atoms in total. The molecule has 2 aromatic carbocycles. The predicted octanol–water partition coefficient (Wildman–Crippen LogP) is 6.10. The number of ether oxygens (including phenoxy) is 1. The number of carbonyl (C=O) groups is 2. The fraction of sp³-hybridized carbons (Fsp3) is 0.0909. The van der Waals surface area contributed by atoms with Crippen LogP contribution in [-0.4, -0.2) is 23.6 Å². The summed E-state index contributed by atoms with van der Waals surface area (Å²) in [5, 5.41) is 1.24. The molecule has 0 saturated heterocycles. The molecule has 0 N–H and O–H groups in total. The van der Waals surface area contributed by atoms with Gasteiger partial charge in [-0.05, 0) is 59.3 Å². The molecule has 7 heteroatoms. The SMILES string of the molecule is COC(=O)c1c(C)n(C(=O)c2ccc(-c3ccc(Cl)cc3Br)o2)c2ccccc12. The predicted molar refractivity (Wildman–Crippen MR) is 115 cm³/mol. The maximum Gasteiger partial charge on any atom is 0.340 e. The molecule has 0 atom stereocenters. The van der Waals surface area contributed by atoms with Gasteiger partial charge < -0.3 is 9.15 Å². The first-order chi connectivity index (χ1) is 13.9. The standard InChI is InChI=1S/C22H15BrClNO4/c1-12-20(22(27)28-2)15-5-3-4-6-17(15)25(12)21(26)19-10-9-18(29-19)14-8-7-13(24)11-16(14)23/h3-11H,1-2H3. The number of para-hydroxylation sites is 1. The molecule has 0 spiro atoms. The zero-order chi connectivity index (χ0) is 20.7. The van der Waals surface area contributed by atoms with E-state index in [0.717, 1.165) is 10.0 Å². The number of furan rings is 1. The highest BCUT2D eigenvalue weighted by molar-refractivity contribution is 9.10. The number of nitrogens with zero attached hydrogens (tertiary/aromatic N) is 1. The van der Waals surface area contributed by atoms with Crippen molar-refractivity contribution < 1.29 is 18.7 Å². The highest BCUT2D eigenvalue weighted by atomic mass is 79.9. The fourth-order valence-corrected chi connectivity index (χ4v) is 4.26. The van der Waals surface area contributed by atoms with Crippen LogP contribution in [0.5, 0.6) is 0 Å². The van der Waals surface area contributed by atoms with Gasteiger partial charge in [-0.2, -0.15) is 0 Å². The Kier molecular flexibility index (Phi) is 5.06. The second-order valence-electron chi connectivity index (χ2n) is 6.40. The molecular weight excluding hydrogens is 458 g/mol. The van der Waals surface area contributed by atoms with E-state index in [-0.39, 0.29) is 11.7 Å². The Morgan fingerprint density at radius 1 is 1.10 bits per heavy atom. The summed E-state index contributed by atoms with van der Waals surface area (Å²) < 4.78 is 13.0. The molecule has 0 aliphatic heterocycles. The summed E-state index contributed by atoms with van der Waals surface area (Å²) in [4.78, 5) is 25.6. The van der Waals surface area contributed by atoms with Crippen LogP contribution in [0.25, 0.3) is 22.2 Å². The molecule has 4 aromatic rings. The summed E-state index contributed by atoms with van der Waals surface area (Å²) in [6.07, 6.45) is 0. The minimum absolute atomic E-state index is 0.155. The van der Waals surface area contributed by atoms with Gasteiger partial charge in [-0.15, -0.1) is 0 Å². The summed E-state index contributed by atoms with van der Waals surface area (Å²) >= 11 is 9.46. The minimum atomic E-state index is -0.490. The Morgan fingerprint density at radius 3 is 2.59 bits per heavy atom. The van der Waals surface area contributed by atoms with Crippen LogP contribution >= 0.6 is 27.5 Å². The smallest absolute Gasteiger partial charge is 0.340 e. The first-order valence-corrected chi connectivity index (χ1v) is 9.87. The maximum atomic E-state index is 13.3. The van der Waals surface area contributed by atoms with Crippen LogP contribution in [0, 0.1) is 6.92 Å². The number of methoxy groups -OCH3 is 1. The summed E-state index contributed by atoms with van der Waals surface area (Å²) in [5.41, 5.74) is 2.25. The van der Waals surface area contributed by atoms with Crippen molar-refractivity contribution in [1.82, 2.24) is 4.57 Å². The van der Waals surface area contributed by atoms with E-state index in [4.69, 9.17) is 20.8 Å². The first-order valence-electron chi connectivity index (χ1n) is 8.70. The van der Waals surface area contributed by atoms with Crippen molar-refractivity contribution in [1.29, 1.82) is 0 Å². The molecule has 0 radical (unpaired) electrons. The van der Waals surface area contributed by atoms with E-state index in [0.29, 0.717) is 32.9 Å². The number of halogens is 2. The van der Waals surface area contributed by atoms with Gasteiger partial charge in [-0.1, -0.05) is 29.8 Å². The lowest BCUT2D eigenvalue weighted by atomic mass is 10.1. The Hall–Kier alpha value is -2.83. The lowest BCUT2D eigenvalue weighted by Gasteiger charge is -2.06. The summed E-state index contributed by atoms with van der Waals surface area (Å²) in [7, 11) is 1.32. The van der Waals surface area contributed by atoms with Gasteiger partial charge in [0.05, 0.1) is 18.2 Å². The molecule has 29 heavy (non-hydrogen) atoms. The van der Waals surface area contributed by atoms with Gasteiger partial charge in [0, 0.05) is 26.1 Å². The maximum absolute atomic E-state index is 13.3. The van der Waals surface area contributed by atoms with Crippen LogP contribution in [0.15, 0.2) is 63.5 Å². The zero-order valence-electron chi connectivity index (χ0n) is 15.5. The van der Waals surface area contributed by atoms with Crippen molar-refractivity contribution in [3.63, 3.8) is 0 Å². The number of aromatic nitrogens is 1. The van der Waals surface area contributed by atoms with Gasteiger partial charge in [-0.25, -0.2) is 4.79 Å². The van der Waals surface area contributed by atoms with Crippen molar-refractivity contribution in [3.8, 4) is 11.3 Å². The van der Waals surface area contributed by atoms with Gasteiger partial charge >= 0.3 is 5.97 Å². The van der Waals surface area contributed by atoms with Crippen LogP contribution in [0.3, 0.4) is 0 Å². The highest BCUT2D eigenvalue weighted by Crippen LogP contribution is 2.33. The minimum Gasteiger partial charge on any atom is -0.465 e. The van der Waals surface area contributed by atoms with E-state index in [1.165, 1.54) is 11.7 Å². The van der Waals surface area contributed by atoms with Crippen LogP contribution < -0.4 is 0 Å². The molecular formula is C22H15BrClNO4. The Balaban J connectivity index is 1.82. The van der Waals surface area contributed by atoms with Crippen LogP contribution in [0.4, 0.5) is 0 Å². The van der Waals surface area contributed by atoms with Crippen LogP contribution in [-0.2, 0) is 4.74 Å². The van der Waals surface area contributed by atoms with Crippen molar-refractivity contribution >= 4 is 50.3 Å². The second kappa shape index (κ2) is 7.54. The summed E-state index contributed by atoms with van der Waals surface area (Å²) in [6, 6.07) is 15.9. The lowest BCUT2D eigenvalue weighted by Crippen LogP contribution is -2.14. The van der Waals surface area contributed by atoms with Gasteiger partial charge in [0.25, 0.3) is 5.91 Å². The molecule has 0 aliphatic rings. The van der Waals surface area contributed by atoms with E-state index in [1.807, 2.05) is 18.2 Å². The first kappa shape index (κ1) is 19.5. The van der Waals surface area contributed by atoms with Crippen molar-refractivity contribution in [2.75, 3.05) is 7.11 Å². The molecule has 146 valence electrons. The van der Waals surface area contributed by atoms with Gasteiger partial charge in [0.15, 0.2) is 5.76 Å². The van der Waals surface area contributed by atoms with Gasteiger partial charge in [-0.3, -0.25) is 9.36 Å². The molecule has 4 rings (SSSR count). The van der Waals surface area contributed by atoms with Gasteiger partial charge in [0.1, 0.15) is 5.76 Å². The monoisotopic (exact) mass is 471 g/mol. The molecule has 0 amide bonds. The molecule has 2 heterocycles. The van der Waals surface area contributed by atoms with Crippen LogP contribution in [0.2, 0.25) is 5.02 Å². The molecule has 2 aromatic heterocycles. The Labute approximate surface area is 180 Å². The molecule has 0 aliphatic carbocycles. The summed E-state index contributed by atoms with van der Waals surface area (Å²) in [6.45, 7) is 1.71. The van der Waals surface area contributed by atoms with Crippen molar-refractivity contribution in [2.24, 2.45) is 0 Å². The van der Waals surface area contributed by atoms with E-state index in [9.17, 15) is 9.59 Å². The third-order valence-corrected chi connectivity index (χ3v) is 5.61. The van der Waals surface area contributed by atoms with E-state index >= 15 is 0 Å². The molecule has 0 saturated carbocycles. The third-order valence-electron chi connectivity index (χ3n) is 4.72. The number of carbonyl (C=O) groups excluding carboxylic acids is 2. The number of fused-ring (bicyclic) bond motifs is 1. The zero-order valence-corrected chi connectivity index (χ0v) is 17.9. The number of hydrogen-bond donors (Lipinski definition) is 0. The highest BCUT2D eigenvalue weighted by Gasteiger charge is 2.25. The van der Waals surface area contributed by atoms with Crippen LogP contribution in [0.1, 0.15) is 26.6 Å². The van der Waals surface area contributed by atoms with E-state index < -0.39 is 5.97 Å². The largest absolute Gasteiger partial charge is 0.465 e. The topological polar surface area (TPSA) is 61.4 Å². The number of benzene rings is 2. The number of hydrogen-bond acceptors (Lipinski definition) is 4. The average molecular weight is 473 g/mol. The quantitative estimate of drug-likeness (QED) is 0.338. The fourth-order valence-electron chi connectivity index (χ4n) is 3.39. The van der Waals surface area contributed by atoms with Gasteiger partial charge in [0.2, 0.25) is 0 Å². The van der Waals surface area contributed by atoms with E-state index in [2.05, 4.69) is 15.9 Å². The number of esters is 1. The second-order valence-corrected chi connectivity index (χ2v) is 7.69. The molecule has 0 unspecified atom stereocenters. The van der Waals surface area contributed by atoms with Crippen molar-refractivity contribution in [2.45, 2.75) is 6.92 Å². The molecule has 0 fully saturated rings. The normalized spacial score (nSPS) is 11.0. The molecule has 0 bridgehead atoms. The Morgan fingerprint density at radius 2 is 1.86 bits per heavy atom. The van der Waals surface area contributed by atoms with E-state index in [1.54, 1.807) is 43.3 Å². The average Bonchev–Trinajstić information content (AvgIpc) is 3.29. The Bertz CT molecular complexity index is 1270.